The van der Waals surface area contributed by atoms with Gasteiger partial charge in [0.1, 0.15) is 6.04 Å². The highest BCUT2D eigenvalue weighted by atomic mass is 32.1. The minimum absolute atomic E-state index is 0.0449. The van der Waals surface area contributed by atoms with Crippen LogP contribution in [0.2, 0.25) is 0 Å². The molecule has 0 saturated carbocycles. The number of hydrogen-bond acceptors (Lipinski definition) is 2. The van der Waals surface area contributed by atoms with E-state index in [1.807, 2.05) is 18.3 Å². The van der Waals surface area contributed by atoms with Crippen LogP contribution in [0.1, 0.15) is 47.1 Å². The number of rotatable bonds is 5. The van der Waals surface area contributed by atoms with Crippen LogP contribution >= 0.6 is 12.2 Å². The zero-order valence-corrected chi connectivity index (χ0v) is 20.0. The molecule has 2 aromatic carbocycles. The minimum atomic E-state index is -0.0650. The molecule has 1 aliphatic heterocycles. The Morgan fingerprint density at radius 1 is 0.909 bits per heavy atom. The Bertz CT molecular complexity index is 1280. The predicted octanol–water partition coefficient (Wildman–Crippen LogP) is 6.23. The lowest BCUT2D eigenvalue weighted by Crippen LogP contribution is -2.30. The van der Waals surface area contributed by atoms with Crippen molar-refractivity contribution in [3.63, 3.8) is 0 Å². The molecule has 5 rings (SSSR count). The molecule has 2 unspecified atom stereocenters. The largest absolute Gasteiger partial charge is 0.351 e. The van der Waals surface area contributed by atoms with Gasteiger partial charge in [0.05, 0.1) is 11.7 Å². The van der Waals surface area contributed by atoms with Crippen molar-refractivity contribution in [3.8, 4) is 5.69 Å². The summed E-state index contributed by atoms with van der Waals surface area (Å²) in [7, 11) is 0. The van der Waals surface area contributed by atoms with E-state index in [1.54, 1.807) is 0 Å². The van der Waals surface area contributed by atoms with E-state index >= 15 is 0 Å². The van der Waals surface area contributed by atoms with Crippen molar-refractivity contribution in [2.75, 3.05) is 4.90 Å². The van der Waals surface area contributed by atoms with Gasteiger partial charge in [0.2, 0.25) is 0 Å². The minimum Gasteiger partial charge on any atom is -0.351 e. The maximum absolute atomic E-state index is 5.89. The number of anilines is 1. The molecule has 0 radical (unpaired) electrons. The molecule has 0 spiro atoms. The maximum atomic E-state index is 5.89. The van der Waals surface area contributed by atoms with Gasteiger partial charge < -0.3 is 14.8 Å². The van der Waals surface area contributed by atoms with Crippen LogP contribution in [-0.2, 0) is 6.42 Å². The first-order valence-corrected chi connectivity index (χ1v) is 11.8. The molecule has 2 aromatic heterocycles. The number of nitrogens with zero attached hydrogens (tertiary/aromatic N) is 3. The van der Waals surface area contributed by atoms with Gasteiger partial charge in [-0.1, -0.05) is 31.2 Å². The Hall–Kier alpha value is -3.44. The molecule has 1 saturated heterocycles. The molecule has 0 amide bonds. The first kappa shape index (κ1) is 21.4. The summed E-state index contributed by atoms with van der Waals surface area (Å²) in [6.07, 6.45) is 4.99. The maximum Gasteiger partial charge on any atom is 0.174 e. The van der Waals surface area contributed by atoms with E-state index in [9.17, 15) is 0 Å². The van der Waals surface area contributed by atoms with E-state index in [0.29, 0.717) is 5.11 Å². The zero-order chi connectivity index (χ0) is 22.9. The van der Waals surface area contributed by atoms with Gasteiger partial charge >= 0.3 is 0 Å². The molecule has 0 bridgehead atoms. The van der Waals surface area contributed by atoms with Crippen LogP contribution in [0, 0.1) is 13.8 Å². The van der Waals surface area contributed by atoms with Gasteiger partial charge in [-0.2, -0.15) is 0 Å². The summed E-state index contributed by atoms with van der Waals surface area (Å²) in [6.45, 7) is 6.48. The van der Waals surface area contributed by atoms with Crippen LogP contribution in [0.5, 0.6) is 0 Å². The fourth-order valence-corrected chi connectivity index (χ4v) is 4.92. The summed E-state index contributed by atoms with van der Waals surface area (Å²) >= 11 is 5.89. The number of thiocarbonyl (C=S) groups is 1. The van der Waals surface area contributed by atoms with Crippen LogP contribution in [-0.4, -0.2) is 14.7 Å². The lowest BCUT2D eigenvalue weighted by molar-refractivity contribution is 0.549. The molecule has 4 nitrogen and oxygen atoms in total. The van der Waals surface area contributed by atoms with Gasteiger partial charge in [0.15, 0.2) is 5.11 Å². The molecule has 1 fully saturated rings. The fraction of sp³-hybridized carbons (Fsp3) is 0.214. The standard InChI is InChI=1S/C28H28N4S/c1-4-21-11-14-22(15-12-21)32-27(26(30-28(32)33)24-8-5-6-16-29-24)25-9-7-17-31(25)23-13-10-19(2)20(3)18-23/h5-18,26-27H,4H2,1-3H3,(H,30,33). The number of pyridine rings is 1. The Balaban J connectivity index is 1.65. The van der Waals surface area contributed by atoms with Crippen LogP contribution in [0.4, 0.5) is 5.69 Å². The summed E-state index contributed by atoms with van der Waals surface area (Å²) in [5.41, 5.74) is 8.26. The number of nitrogens with one attached hydrogen (secondary N) is 1. The number of hydrogen-bond donors (Lipinski definition) is 1. The van der Waals surface area contributed by atoms with Crippen molar-refractivity contribution >= 4 is 23.0 Å². The monoisotopic (exact) mass is 452 g/mol. The summed E-state index contributed by atoms with van der Waals surface area (Å²) < 4.78 is 2.27. The summed E-state index contributed by atoms with van der Waals surface area (Å²) in [4.78, 5) is 6.92. The molecule has 1 N–H and O–H groups in total. The quantitative estimate of drug-likeness (QED) is 0.364. The van der Waals surface area contributed by atoms with Crippen molar-refractivity contribution in [1.29, 1.82) is 0 Å². The molecule has 3 heterocycles. The fourth-order valence-electron chi connectivity index (χ4n) is 4.57. The summed E-state index contributed by atoms with van der Waals surface area (Å²) in [5, 5.41) is 4.28. The van der Waals surface area contributed by atoms with E-state index in [4.69, 9.17) is 12.2 Å². The Kier molecular flexibility index (Phi) is 5.73. The lowest BCUT2D eigenvalue weighted by Gasteiger charge is -2.29. The zero-order valence-electron chi connectivity index (χ0n) is 19.2. The molecule has 166 valence electrons. The van der Waals surface area contributed by atoms with Crippen LogP contribution in [0.25, 0.3) is 5.69 Å². The average Bonchev–Trinajstić information content (AvgIpc) is 3.46. The van der Waals surface area contributed by atoms with Crippen LogP contribution in [0.3, 0.4) is 0 Å². The number of benzene rings is 2. The normalized spacial score (nSPS) is 17.9. The first-order valence-electron chi connectivity index (χ1n) is 11.4. The molecule has 5 heteroatoms. The van der Waals surface area contributed by atoms with Crippen molar-refractivity contribution < 1.29 is 0 Å². The Morgan fingerprint density at radius 3 is 2.39 bits per heavy atom. The Morgan fingerprint density at radius 2 is 1.70 bits per heavy atom. The van der Waals surface area contributed by atoms with Gasteiger partial charge in [-0.15, -0.1) is 0 Å². The van der Waals surface area contributed by atoms with Crippen LogP contribution in [0.15, 0.2) is 85.2 Å². The molecular weight excluding hydrogens is 424 g/mol. The molecule has 1 aliphatic rings. The van der Waals surface area contributed by atoms with Crippen molar-refractivity contribution in [1.82, 2.24) is 14.9 Å². The van der Waals surface area contributed by atoms with Crippen molar-refractivity contribution in [2.45, 2.75) is 39.3 Å². The van der Waals surface area contributed by atoms with Gasteiger partial charge in [-0.3, -0.25) is 4.98 Å². The summed E-state index contributed by atoms with van der Waals surface area (Å²) in [6, 6.07) is 25.6. The first-order chi connectivity index (χ1) is 16.1. The van der Waals surface area contributed by atoms with Crippen molar-refractivity contribution in [2.24, 2.45) is 0 Å². The lowest BCUT2D eigenvalue weighted by atomic mass is 10.00. The van der Waals surface area contributed by atoms with E-state index in [-0.39, 0.29) is 12.1 Å². The second kappa shape index (κ2) is 8.83. The highest BCUT2D eigenvalue weighted by molar-refractivity contribution is 7.80. The number of aryl methyl sites for hydroxylation is 3. The summed E-state index contributed by atoms with van der Waals surface area (Å²) in [5.74, 6) is 0. The molecular formula is C28H28N4S. The van der Waals surface area contributed by atoms with Crippen molar-refractivity contribution in [3.05, 3.63) is 113 Å². The highest BCUT2D eigenvalue weighted by Gasteiger charge is 2.42. The highest BCUT2D eigenvalue weighted by Crippen LogP contribution is 2.42. The third-order valence-electron chi connectivity index (χ3n) is 6.57. The van der Waals surface area contributed by atoms with Gasteiger partial charge in [-0.05, 0) is 97.7 Å². The second-order valence-electron chi connectivity index (χ2n) is 8.59. The van der Waals surface area contributed by atoms with E-state index in [0.717, 1.165) is 23.5 Å². The van der Waals surface area contributed by atoms with Gasteiger partial charge in [0.25, 0.3) is 0 Å². The number of aromatic nitrogens is 2. The smallest absolute Gasteiger partial charge is 0.174 e. The predicted molar refractivity (Wildman–Crippen MR) is 139 cm³/mol. The second-order valence-corrected chi connectivity index (χ2v) is 8.97. The van der Waals surface area contributed by atoms with Crippen LogP contribution < -0.4 is 10.2 Å². The molecule has 2 atom stereocenters. The molecule has 4 aromatic rings. The van der Waals surface area contributed by atoms with E-state index < -0.39 is 0 Å². The third kappa shape index (κ3) is 3.93. The topological polar surface area (TPSA) is 33.1 Å². The van der Waals surface area contributed by atoms with Gasteiger partial charge in [0, 0.05) is 29.5 Å². The average molecular weight is 453 g/mol. The van der Waals surface area contributed by atoms with E-state index in [1.165, 1.54) is 22.4 Å². The molecule has 0 aliphatic carbocycles. The Labute approximate surface area is 200 Å². The van der Waals surface area contributed by atoms with E-state index in [2.05, 4.69) is 107 Å². The molecule has 33 heavy (non-hydrogen) atoms. The SMILES string of the molecule is CCc1ccc(N2C(=S)NC(c3ccccn3)C2c2cccn2-c2ccc(C)c(C)c2)cc1. The third-order valence-corrected chi connectivity index (χ3v) is 6.89. The van der Waals surface area contributed by atoms with Gasteiger partial charge in [-0.25, -0.2) is 0 Å².